The van der Waals surface area contributed by atoms with Crippen LogP contribution in [0.5, 0.6) is 0 Å². The van der Waals surface area contributed by atoms with Crippen molar-refractivity contribution in [3.63, 3.8) is 0 Å². The maximum absolute atomic E-state index is 12.0. The molecule has 0 bridgehead atoms. The van der Waals surface area contributed by atoms with Gasteiger partial charge in [-0.3, -0.25) is 4.79 Å². The Morgan fingerprint density at radius 1 is 1.23 bits per heavy atom. The third-order valence-electron chi connectivity index (χ3n) is 4.93. The van der Waals surface area contributed by atoms with Crippen molar-refractivity contribution in [3.8, 4) is 0 Å². The maximum atomic E-state index is 12.0. The maximum Gasteiger partial charge on any atom is 0.310 e. The molecule has 1 heterocycles. The third-order valence-corrected chi connectivity index (χ3v) is 4.93. The summed E-state index contributed by atoms with van der Waals surface area (Å²) in [7, 11) is 0. The van der Waals surface area contributed by atoms with E-state index in [2.05, 4.69) is 32.9 Å². The first kappa shape index (κ1) is 14.9. The normalized spacial score (nSPS) is 22.3. The van der Waals surface area contributed by atoms with Gasteiger partial charge in [-0.1, -0.05) is 51.1 Å². The average molecular weight is 298 g/mol. The first-order valence-electron chi connectivity index (χ1n) is 7.75. The highest BCUT2D eigenvalue weighted by Gasteiger charge is 2.59. The highest BCUT2D eigenvalue weighted by Crippen LogP contribution is 2.58. The molecule has 3 rings (SSSR count). The minimum Gasteiger partial charge on any atom is -0.469 e. The van der Waals surface area contributed by atoms with Crippen molar-refractivity contribution < 1.29 is 13.9 Å². The highest BCUT2D eigenvalue weighted by molar-refractivity contribution is 5.77. The van der Waals surface area contributed by atoms with E-state index < -0.39 is 0 Å². The molecule has 2 atom stereocenters. The van der Waals surface area contributed by atoms with Crippen LogP contribution in [0.15, 0.2) is 47.1 Å². The quantitative estimate of drug-likeness (QED) is 0.776. The fourth-order valence-electron chi connectivity index (χ4n) is 3.04. The number of carbonyl (C=O) groups excluding carboxylic acids is 1. The van der Waals surface area contributed by atoms with Crippen molar-refractivity contribution in [1.82, 2.24) is 0 Å². The molecule has 2 aromatic rings. The lowest BCUT2D eigenvalue weighted by atomic mass is 10.1. The van der Waals surface area contributed by atoms with Crippen molar-refractivity contribution in [1.29, 1.82) is 0 Å². The van der Waals surface area contributed by atoms with Crippen LogP contribution in [-0.2, 0) is 22.6 Å². The lowest BCUT2D eigenvalue weighted by molar-refractivity contribution is -0.147. The Bertz CT molecular complexity index is 654. The molecule has 2 unspecified atom stereocenters. The number of hydrogen-bond donors (Lipinski definition) is 0. The largest absolute Gasteiger partial charge is 0.469 e. The molecule has 1 aromatic carbocycles. The molecule has 1 fully saturated rings. The first-order chi connectivity index (χ1) is 10.5. The molecule has 1 aliphatic carbocycles. The Balaban J connectivity index is 1.53. The van der Waals surface area contributed by atoms with E-state index in [9.17, 15) is 4.79 Å². The monoisotopic (exact) mass is 298 g/mol. The van der Waals surface area contributed by atoms with Gasteiger partial charge in [0, 0.05) is 12.0 Å². The van der Waals surface area contributed by atoms with Crippen LogP contribution in [0.1, 0.15) is 37.7 Å². The van der Waals surface area contributed by atoms with Gasteiger partial charge in [0.25, 0.3) is 0 Å². The van der Waals surface area contributed by atoms with E-state index >= 15 is 0 Å². The lowest BCUT2D eigenvalue weighted by Gasteiger charge is -2.04. The minimum atomic E-state index is -0.0942. The van der Waals surface area contributed by atoms with Crippen LogP contribution in [0.25, 0.3) is 0 Å². The van der Waals surface area contributed by atoms with Gasteiger partial charge in [0.05, 0.1) is 12.2 Å². The van der Waals surface area contributed by atoms with Gasteiger partial charge in [0.15, 0.2) is 0 Å². The standard InChI is InChI=1S/C19H22O3/c1-13-17(19(13,2)3)18(20)22-12-15-10-16(21-11-15)9-14-7-5-4-6-8-14/h4-8,10-11,13,17H,9,12H2,1-3H3. The SMILES string of the molecule is CC1C(C(=O)OCc2coc(Cc3ccccc3)c2)C1(C)C. The summed E-state index contributed by atoms with van der Waals surface area (Å²) >= 11 is 0. The third kappa shape index (κ3) is 2.94. The average Bonchev–Trinajstić information content (AvgIpc) is 2.84. The van der Waals surface area contributed by atoms with Crippen molar-refractivity contribution in [2.45, 2.75) is 33.8 Å². The summed E-state index contributed by atoms with van der Waals surface area (Å²) in [5, 5.41) is 0. The van der Waals surface area contributed by atoms with Crippen LogP contribution >= 0.6 is 0 Å². The fourth-order valence-corrected chi connectivity index (χ4v) is 3.04. The number of hydrogen-bond acceptors (Lipinski definition) is 3. The van der Waals surface area contributed by atoms with Gasteiger partial charge in [-0.2, -0.15) is 0 Å². The zero-order chi connectivity index (χ0) is 15.7. The summed E-state index contributed by atoms with van der Waals surface area (Å²) in [5.74, 6) is 1.22. The van der Waals surface area contributed by atoms with E-state index in [-0.39, 0.29) is 23.9 Å². The second kappa shape index (κ2) is 5.64. The molecule has 22 heavy (non-hydrogen) atoms. The predicted octanol–water partition coefficient (Wildman–Crippen LogP) is 4.21. The van der Waals surface area contributed by atoms with E-state index in [1.165, 1.54) is 5.56 Å². The van der Waals surface area contributed by atoms with Crippen LogP contribution in [0.4, 0.5) is 0 Å². The van der Waals surface area contributed by atoms with E-state index in [1.807, 2.05) is 24.3 Å². The van der Waals surface area contributed by atoms with E-state index in [4.69, 9.17) is 9.15 Å². The number of rotatable bonds is 5. The Labute approximate surface area is 131 Å². The Kier molecular flexibility index (Phi) is 3.81. The minimum absolute atomic E-state index is 0.0307. The van der Waals surface area contributed by atoms with Crippen LogP contribution in [-0.4, -0.2) is 5.97 Å². The van der Waals surface area contributed by atoms with E-state index in [1.54, 1.807) is 6.26 Å². The van der Waals surface area contributed by atoms with Crippen LogP contribution in [0.3, 0.4) is 0 Å². The molecule has 3 nitrogen and oxygen atoms in total. The zero-order valence-corrected chi connectivity index (χ0v) is 13.3. The van der Waals surface area contributed by atoms with Crippen molar-refractivity contribution in [2.75, 3.05) is 0 Å². The van der Waals surface area contributed by atoms with E-state index in [0.29, 0.717) is 5.92 Å². The molecule has 0 saturated heterocycles. The summed E-state index contributed by atoms with van der Waals surface area (Å²) < 4.78 is 11.0. The predicted molar refractivity (Wildman–Crippen MR) is 84.2 cm³/mol. The summed E-state index contributed by atoms with van der Waals surface area (Å²) in [5.41, 5.74) is 2.19. The Hall–Kier alpha value is -2.03. The van der Waals surface area contributed by atoms with Crippen LogP contribution in [0, 0.1) is 17.3 Å². The number of benzene rings is 1. The number of carbonyl (C=O) groups is 1. The summed E-state index contributed by atoms with van der Waals surface area (Å²) in [6.07, 6.45) is 2.43. The summed E-state index contributed by atoms with van der Waals surface area (Å²) in [6.45, 7) is 6.61. The van der Waals surface area contributed by atoms with Gasteiger partial charge in [0.1, 0.15) is 12.4 Å². The molecule has 1 aliphatic rings. The van der Waals surface area contributed by atoms with Crippen molar-refractivity contribution >= 4 is 5.97 Å². The fraction of sp³-hybridized carbons (Fsp3) is 0.421. The molecule has 1 aromatic heterocycles. The summed E-state index contributed by atoms with van der Waals surface area (Å²) in [4.78, 5) is 12.0. The summed E-state index contributed by atoms with van der Waals surface area (Å²) in [6, 6.07) is 12.1. The molecule has 0 spiro atoms. The topological polar surface area (TPSA) is 39.4 Å². The Morgan fingerprint density at radius 2 is 1.91 bits per heavy atom. The number of ether oxygens (including phenoxy) is 1. The molecular weight excluding hydrogens is 276 g/mol. The van der Waals surface area contributed by atoms with Gasteiger partial charge < -0.3 is 9.15 Å². The Morgan fingerprint density at radius 3 is 2.55 bits per heavy atom. The second-order valence-corrected chi connectivity index (χ2v) is 6.78. The lowest BCUT2D eigenvalue weighted by Crippen LogP contribution is -2.10. The van der Waals surface area contributed by atoms with Gasteiger partial charge in [0.2, 0.25) is 0 Å². The molecule has 3 heteroatoms. The molecule has 0 amide bonds. The smallest absolute Gasteiger partial charge is 0.310 e. The van der Waals surface area contributed by atoms with Crippen molar-refractivity contribution in [3.05, 3.63) is 59.5 Å². The molecular formula is C19H22O3. The molecule has 0 N–H and O–H groups in total. The first-order valence-corrected chi connectivity index (χ1v) is 7.75. The number of esters is 1. The molecule has 0 radical (unpaired) electrons. The van der Waals surface area contributed by atoms with Gasteiger partial charge in [-0.15, -0.1) is 0 Å². The van der Waals surface area contributed by atoms with Gasteiger partial charge >= 0.3 is 5.97 Å². The van der Waals surface area contributed by atoms with Crippen LogP contribution in [0.2, 0.25) is 0 Å². The van der Waals surface area contributed by atoms with Crippen LogP contribution < -0.4 is 0 Å². The molecule has 0 aliphatic heterocycles. The second-order valence-electron chi connectivity index (χ2n) is 6.78. The highest BCUT2D eigenvalue weighted by atomic mass is 16.5. The van der Waals surface area contributed by atoms with E-state index in [0.717, 1.165) is 17.7 Å². The molecule has 116 valence electrons. The van der Waals surface area contributed by atoms with Crippen molar-refractivity contribution in [2.24, 2.45) is 17.3 Å². The molecule has 1 saturated carbocycles. The van der Waals surface area contributed by atoms with Gasteiger partial charge in [-0.25, -0.2) is 0 Å². The zero-order valence-electron chi connectivity index (χ0n) is 13.3. The van der Waals surface area contributed by atoms with Gasteiger partial charge in [-0.05, 0) is 23.0 Å². The number of furan rings is 1.